The van der Waals surface area contributed by atoms with Crippen molar-refractivity contribution in [3.8, 4) is 6.07 Å². The van der Waals surface area contributed by atoms with E-state index in [1.54, 1.807) is 17.0 Å². The van der Waals surface area contributed by atoms with Crippen LogP contribution in [0.15, 0.2) is 36.5 Å². The molecular formula is C22H21F3N4O. The van der Waals surface area contributed by atoms with Crippen molar-refractivity contribution >= 4 is 17.4 Å². The number of piperidine rings is 1. The number of nitriles is 1. The molecule has 5 nitrogen and oxygen atoms in total. The molecule has 1 aromatic heterocycles. The van der Waals surface area contributed by atoms with Crippen molar-refractivity contribution in [2.45, 2.75) is 32.4 Å². The highest BCUT2D eigenvalue weighted by molar-refractivity contribution is 6.01. The number of rotatable bonds is 2. The van der Waals surface area contributed by atoms with Gasteiger partial charge in [-0.1, -0.05) is 0 Å². The number of amides is 1. The van der Waals surface area contributed by atoms with Crippen LogP contribution in [0.25, 0.3) is 0 Å². The first-order valence-electron chi connectivity index (χ1n) is 9.84. The fourth-order valence-electron chi connectivity index (χ4n) is 4.53. The molecule has 0 radical (unpaired) electrons. The first-order valence-corrected chi connectivity index (χ1v) is 9.84. The number of carbonyl (C=O) groups is 1. The molecule has 1 unspecified atom stereocenters. The lowest BCUT2D eigenvalue weighted by Gasteiger charge is -2.39. The van der Waals surface area contributed by atoms with Crippen LogP contribution < -0.4 is 9.80 Å². The van der Waals surface area contributed by atoms with Gasteiger partial charge in [0, 0.05) is 31.5 Å². The van der Waals surface area contributed by atoms with Crippen molar-refractivity contribution in [2.75, 3.05) is 29.4 Å². The van der Waals surface area contributed by atoms with E-state index in [9.17, 15) is 18.0 Å². The first-order chi connectivity index (χ1) is 14.2. The van der Waals surface area contributed by atoms with E-state index in [1.807, 2.05) is 17.9 Å². The lowest BCUT2D eigenvalue weighted by Crippen LogP contribution is -2.48. The number of hydrogen-bond acceptors (Lipinski definition) is 4. The average molecular weight is 414 g/mol. The van der Waals surface area contributed by atoms with Crippen molar-refractivity contribution in [2.24, 2.45) is 5.41 Å². The number of nitrogens with zero attached hydrogens (tertiary/aromatic N) is 4. The average Bonchev–Trinajstić information content (AvgIpc) is 3.03. The molecule has 1 aromatic carbocycles. The third kappa shape index (κ3) is 3.49. The Morgan fingerprint density at radius 2 is 1.97 bits per heavy atom. The van der Waals surface area contributed by atoms with E-state index in [0.29, 0.717) is 37.4 Å². The molecule has 1 atom stereocenters. The Hall–Kier alpha value is -3.08. The molecule has 4 rings (SSSR count). The predicted molar refractivity (Wildman–Crippen MR) is 106 cm³/mol. The summed E-state index contributed by atoms with van der Waals surface area (Å²) in [7, 11) is 0. The molecule has 2 saturated heterocycles. The van der Waals surface area contributed by atoms with Gasteiger partial charge in [-0.25, -0.2) is 4.98 Å². The zero-order valence-electron chi connectivity index (χ0n) is 16.5. The van der Waals surface area contributed by atoms with Crippen molar-refractivity contribution < 1.29 is 18.0 Å². The first kappa shape index (κ1) is 20.2. The van der Waals surface area contributed by atoms with E-state index in [-0.39, 0.29) is 5.91 Å². The second-order valence-corrected chi connectivity index (χ2v) is 8.03. The Balaban J connectivity index is 1.55. The van der Waals surface area contributed by atoms with Crippen LogP contribution in [0.3, 0.4) is 0 Å². The number of benzene rings is 1. The standard InChI is InChI=1S/C22H21F3N4O/c1-15-11-16(12-26)3-5-18(15)29-10-8-21(20(29)30)7-2-9-28(14-21)19-6-4-17(13-27-19)22(23,24)25/h3-6,11,13H,2,7-10,14H2,1H3. The summed E-state index contributed by atoms with van der Waals surface area (Å²) in [6, 6.07) is 9.80. The summed E-state index contributed by atoms with van der Waals surface area (Å²) in [6.45, 7) is 3.56. The number of aromatic nitrogens is 1. The van der Waals surface area contributed by atoms with Crippen LogP contribution in [0.4, 0.5) is 24.7 Å². The highest BCUT2D eigenvalue weighted by atomic mass is 19.4. The minimum absolute atomic E-state index is 0.0342. The van der Waals surface area contributed by atoms with Gasteiger partial charge in [0.2, 0.25) is 5.91 Å². The maximum atomic E-state index is 13.4. The van der Waals surface area contributed by atoms with Crippen LogP contribution in [0.2, 0.25) is 0 Å². The van der Waals surface area contributed by atoms with Gasteiger partial charge < -0.3 is 9.80 Å². The van der Waals surface area contributed by atoms with Crippen LogP contribution in [-0.4, -0.2) is 30.5 Å². The number of carbonyl (C=O) groups excluding carboxylic acids is 1. The summed E-state index contributed by atoms with van der Waals surface area (Å²) in [5.74, 6) is 0.495. The van der Waals surface area contributed by atoms with E-state index < -0.39 is 17.2 Å². The zero-order valence-corrected chi connectivity index (χ0v) is 16.5. The second-order valence-electron chi connectivity index (χ2n) is 8.03. The summed E-state index contributed by atoms with van der Waals surface area (Å²) < 4.78 is 38.4. The molecule has 0 N–H and O–H groups in total. The van der Waals surface area contributed by atoms with E-state index >= 15 is 0 Å². The van der Waals surface area contributed by atoms with Crippen molar-refractivity contribution in [1.29, 1.82) is 5.26 Å². The molecule has 3 heterocycles. The van der Waals surface area contributed by atoms with Gasteiger partial charge in [0.25, 0.3) is 0 Å². The van der Waals surface area contributed by atoms with Crippen molar-refractivity contribution in [1.82, 2.24) is 4.98 Å². The highest BCUT2D eigenvalue weighted by Gasteiger charge is 2.49. The Kier molecular flexibility index (Phi) is 4.92. The van der Waals surface area contributed by atoms with E-state index in [2.05, 4.69) is 11.1 Å². The summed E-state index contributed by atoms with van der Waals surface area (Å²) in [5, 5.41) is 9.06. The summed E-state index contributed by atoms with van der Waals surface area (Å²) >= 11 is 0. The molecule has 0 bridgehead atoms. The number of pyridine rings is 1. The molecule has 0 aliphatic carbocycles. The highest BCUT2D eigenvalue weighted by Crippen LogP contribution is 2.43. The third-order valence-electron chi connectivity index (χ3n) is 6.11. The molecule has 2 aliphatic heterocycles. The van der Waals surface area contributed by atoms with Crippen LogP contribution in [0.1, 0.15) is 36.0 Å². The van der Waals surface area contributed by atoms with Gasteiger partial charge in [-0.3, -0.25) is 4.79 Å². The van der Waals surface area contributed by atoms with Crippen LogP contribution in [0, 0.1) is 23.7 Å². The topological polar surface area (TPSA) is 60.2 Å². The van der Waals surface area contributed by atoms with Gasteiger partial charge in [-0.15, -0.1) is 0 Å². The van der Waals surface area contributed by atoms with Gasteiger partial charge in [-0.2, -0.15) is 18.4 Å². The Labute approximate surface area is 172 Å². The van der Waals surface area contributed by atoms with E-state index in [4.69, 9.17) is 5.26 Å². The Morgan fingerprint density at radius 1 is 1.17 bits per heavy atom. The lowest BCUT2D eigenvalue weighted by molar-refractivity contribution is -0.137. The number of halogens is 3. The molecule has 1 spiro atoms. The molecule has 30 heavy (non-hydrogen) atoms. The molecule has 156 valence electrons. The maximum Gasteiger partial charge on any atom is 0.417 e. The Morgan fingerprint density at radius 3 is 2.60 bits per heavy atom. The van der Waals surface area contributed by atoms with Crippen molar-refractivity contribution in [3.63, 3.8) is 0 Å². The number of alkyl halides is 3. The largest absolute Gasteiger partial charge is 0.417 e. The number of hydrogen-bond donors (Lipinski definition) is 0. The van der Waals surface area contributed by atoms with E-state index in [1.165, 1.54) is 6.07 Å². The van der Waals surface area contributed by atoms with Crippen LogP contribution in [-0.2, 0) is 11.0 Å². The molecule has 2 fully saturated rings. The molecule has 2 aromatic rings. The molecular weight excluding hydrogens is 393 g/mol. The zero-order chi connectivity index (χ0) is 21.5. The third-order valence-corrected chi connectivity index (χ3v) is 6.11. The van der Waals surface area contributed by atoms with E-state index in [0.717, 1.165) is 36.4 Å². The van der Waals surface area contributed by atoms with Gasteiger partial charge in [-0.05, 0) is 62.1 Å². The van der Waals surface area contributed by atoms with Gasteiger partial charge in [0.15, 0.2) is 0 Å². The smallest absolute Gasteiger partial charge is 0.356 e. The quantitative estimate of drug-likeness (QED) is 0.735. The minimum Gasteiger partial charge on any atom is -0.356 e. The molecule has 0 saturated carbocycles. The van der Waals surface area contributed by atoms with Gasteiger partial charge in [0.05, 0.1) is 22.6 Å². The Bertz CT molecular complexity index is 1010. The summed E-state index contributed by atoms with van der Waals surface area (Å²) in [4.78, 5) is 21.1. The summed E-state index contributed by atoms with van der Waals surface area (Å²) in [6.07, 6.45) is -1.37. The minimum atomic E-state index is -4.42. The monoisotopic (exact) mass is 414 g/mol. The SMILES string of the molecule is Cc1cc(C#N)ccc1N1CCC2(CCCN(c3ccc(C(F)(F)F)cn3)C2)C1=O. The van der Waals surface area contributed by atoms with Crippen LogP contribution in [0.5, 0.6) is 0 Å². The molecule has 8 heteroatoms. The normalized spacial score (nSPS) is 21.9. The molecule has 1 amide bonds. The number of aryl methyl sites for hydroxylation is 1. The van der Waals surface area contributed by atoms with Crippen molar-refractivity contribution in [3.05, 3.63) is 53.2 Å². The summed E-state index contributed by atoms with van der Waals surface area (Å²) in [5.41, 5.74) is 0.882. The van der Waals surface area contributed by atoms with Gasteiger partial charge >= 0.3 is 6.18 Å². The molecule has 2 aliphatic rings. The van der Waals surface area contributed by atoms with Crippen LogP contribution >= 0.6 is 0 Å². The second kappa shape index (κ2) is 7.31. The maximum absolute atomic E-state index is 13.4. The fourth-order valence-corrected chi connectivity index (χ4v) is 4.53. The van der Waals surface area contributed by atoms with Gasteiger partial charge in [0.1, 0.15) is 5.82 Å². The lowest BCUT2D eigenvalue weighted by atomic mass is 9.78. The fraction of sp³-hybridized carbons (Fsp3) is 0.409. The number of anilines is 2. The predicted octanol–water partition coefficient (Wildman–Crippen LogP) is 4.30.